The van der Waals surface area contributed by atoms with E-state index in [0.717, 1.165) is 15.5 Å². The number of carboxylic acid groups (broad SMARTS) is 1. The van der Waals surface area contributed by atoms with Crippen molar-refractivity contribution in [2.75, 3.05) is 5.32 Å². The molecule has 1 saturated carbocycles. The zero-order valence-corrected chi connectivity index (χ0v) is 20.5. The van der Waals surface area contributed by atoms with Crippen molar-refractivity contribution in [3.05, 3.63) is 51.5 Å². The van der Waals surface area contributed by atoms with Crippen LogP contribution in [0.1, 0.15) is 56.8 Å². The van der Waals surface area contributed by atoms with E-state index in [2.05, 4.69) is 38.2 Å². The lowest BCUT2D eigenvalue weighted by Gasteiger charge is -2.42. The largest absolute Gasteiger partial charge is 0.465 e. The van der Waals surface area contributed by atoms with Crippen molar-refractivity contribution in [2.45, 2.75) is 64.1 Å². The molecule has 3 rings (SSSR count). The van der Waals surface area contributed by atoms with Crippen LogP contribution in [-0.4, -0.2) is 44.6 Å². The lowest BCUT2D eigenvalue weighted by atomic mass is 9.88. The Bertz CT molecular complexity index is 987. The first-order valence-electron chi connectivity index (χ1n) is 10.6. The molecule has 7 nitrogen and oxygen atoms in total. The molecule has 1 aliphatic carbocycles. The molecule has 0 atom stereocenters. The molecular weight excluding hydrogens is 526 g/mol. The van der Waals surface area contributed by atoms with Crippen LogP contribution in [0.3, 0.4) is 0 Å². The highest BCUT2D eigenvalue weighted by molar-refractivity contribution is 14.1. The Balaban J connectivity index is 1.68. The minimum Gasteiger partial charge on any atom is -0.465 e. The van der Waals surface area contributed by atoms with Crippen molar-refractivity contribution in [1.29, 1.82) is 0 Å². The Morgan fingerprint density at radius 2 is 1.88 bits per heavy atom. The summed E-state index contributed by atoms with van der Waals surface area (Å²) in [5, 5.41) is 15.7. The summed E-state index contributed by atoms with van der Waals surface area (Å²) in [6, 6.07) is 8.55. The van der Waals surface area contributed by atoms with Gasteiger partial charge in [0, 0.05) is 26.9 Å². The molecule has 32 heavy (non-hydrogen) atoms. The average Bonchev–Trinajstić information content (AvgIpc) is 2.69. The molecule has 0 bridgehead atoms. The summed E-state index contributed by atoms with van der Waals surface area (Å²) in [6.07, 6.45) is 2.76. The molecule has 1 heterocycles. The number of rotatable bonds is 5. The Morgan fingerprint density at radius 1 is 1.19 bits per heavy atom. The SMILES string of the molecule is CC(C)(C)N(C(=O)O)[C@H]1CC[C@@H](NC(=O)c2cc(F)cnc2Nc2cccc(I)c2)CC1. The third-order valence-corrected chi connectivity index (χ3v) is 6.18. The van der Waals surface area contributed by atoms with Gasteiger partial charge in [0.2, 0.25) is 0 Å². The molecule has 2 amide bonds. The third kappa shape index (κ3) is 6.08. The number of hydrogen-bond acceptors (Lipinski definition) is 4. The molecule has 1 aliphatic rings. The summed E-state index contributed by atoms with van der Waals surface area (Å²) < 4.78 is 14.9. The molecule has 3 N–H and O–H groups in total. The molecule has 0 radical (unpaired) electrons. The van der Waals surface area contributed by atoms with Gasteiger partial charge in [-0.15, -0.1) is 0 Å². The molecule has 172 valence electrons. The molecule has 0 spiro atoms. The normalized spacial score (nSPS) is 18.7. The summed E-state index contributed by atoms with van der Waals surface area (Å²) in [6.45, 7) is 5.65. The summed E-state index contributed by atoms with van der Waals surface area (Å²) >= 11 is 2.19. The minimum atomic E-state index is -0.929. The van der Waals surface area contributed by atoms with E-state index in [4.69, 9.17) is 0 Å². The van der Waals surface area contributed by atoms with Crippen molar-refractivity contribution in [1.82, 2.24) is 15.2 Å². The van der Waals surface area contributed by atoms with Gasteiger partial charge < -0.3 is 20.6 Å². The first-order valence-corrected chi connectivity index (χ1v) is 11.6. The molecule has 0 unspecified atom stereocenters. The van der Waals surface area contributed by atoms with Crippen molar-refractivity contribution < 1.29 is 19.1 Å². The Hall–Kier alpha value is -2.43. The van der Waals surface area contributed by atoms with E-state index in [9.17, 15) is 19.1 Å². The van der Waals surface area contributed by atoms with Crippen molar-refractivity contribution in [3.63, 3.8) is 0 Å². The van der Waals surface area contributed by atoms with Gasteiger partial charge in [0.05, 0.1) is 11.8 Å². The van der Waals surface area contributed by atoms with Gasteiger partial charge in [-0.05, 0) is 93.3 Å². The van der Waals surface area contributed by atoms with Gasteiger partial charge in [0.15, 0.2) is 0 Å². The molecule has 0 aliphatic heterocycles. The fourth-order valence-corrected chi connectivity index (χ4v) is 4.69. The summed E-state index contributed by atoms with van der Waals surface area (Å²) in [7, 11) is 0. The first-order chi connectivity index (χ1) is 15.0. The Labute approximate surface area is 200 Å². The van der Waals surface area contributed by atoms with Crippen LogP contribution in [0.15, 0.2) is 36.5 Å². The number of nitrogens with zero attached hydrogens (tertiary/aromatic N) is 2. The summed E-state index contributed by atoms with van der Waals surface area (Å²) in [5.41, 5.74) is 0.393. The number of amides is 2. The monoisotopic (exact) mass is 554 g/mol. The number of anilines is 2. The van der Waals surface area contributed by atoms with Gasteiger partial charge in [-0.3, -0.25) is 4.79 Å². The number of benzene rings is 1. The van der Waals surface area contributed by atoms with Gasteiger partial charge in [0.1, 0.15) is 11.6 Å². The Kier molecular flexibility index (Phi) is 7.58. The number of nitrogens with one attached hydrogen (secondary N) is 2. The highest BCUT2D eigenvalue weighted by Crippen LogP contribution is 2.29. The number of carbonyl (C=O) groups excluding carboxylic acids is 1. The topological polar surface area (TPSA) is 94.6 Å². The molecule has 0 saturated heterocycles. The van der Waals surface area contributed by atoms with Crippen LogP contribution in [0.5, 0.6) is 0 Å². The molecule has 1 aromatic heterocycles. The van der Waals surface area contributed by atoms with Crippen LogP contribution < -0.4 is 10.6 Å². The van der Waals surface area contributed by atoms with Gasteiger partial charge in [-0.25, -0.2) is 14.2 Å². The zero-order valence-electron chi connectivity index (χ0n) is 18.4. The highest BCUT2D eigenvalue weighted by Gasteiger charge is 2.36. The second-order valence-corrected chi connectivity index (χ2v) is 10.2. The summed E-state index contributed by atoms with van der Waals surface area (Å²) in [5.74, 6) is -0.710. The predicted molar refractivity (Wildman–Crippen MR) is 130 cm³/mol. The van der Waals surface area contributed by atoms with Crippen LogP contribution >= 0.6 is 22.6 Å². The lowest BCUT2D eigenvalue weighted by molar-refractivity contribution is 0.0520. The van der Waals surface area contributed by atoms with E-state index in [0.29, 0.717) is 25.7 Å². The molecule has 2 aromatic rings. The van der Waals surface area contributed by atoms with Crippen molar-refractivity contribution in [3.8, 4) is 0 Å². The quantitative estimate of drug-likeness (QED) is 0.431. The minimum absolute atomic E-state index is 0.0886. The first kappa shape index (κ1) is 24.2. The number of halogens is 2. The van der Waals surface area contributed by atoms with E-state index in [1.807, 2.05) is 45.0 Å². The van der Waals surface area contributed by atoms with E-state index < -0.39 is 23.4 Å². The second-order valence-electron chi connectivity index (χ2n) is 8.99. The molecule has 1 fully saturated rings. The number of aromatic nitrogens is 1. The maximum absolute atomic E-state index is 13.9. The van der Waals surface area contributed by atoms with E-state index in [-0.39, 0.29) is 23.5 Å². The molecular formula is C23H28FIN4O3. The standard InChI is InChI=1S/C23H28FIN4O3/c1-23(2,3)29(22(31)32)18-9-7-16(8-10-18)28-21(30)19-11-14(24)13-26-20(19)27-17-6-4-5-15(25)12-17/h4-6,11-13,16,18H,7-10H2,1-3H3,(H,26,27)(H,28,30)(H,31,32)/t16-,18+. The van der Waals surface area contributed by atoms with Gasteiger partial charge in [-0.1, -0.05) is 6.07 Å². The Morgan fingerprint density at radius 3 is 2.47 bits per heavy atom. The second kappa shape index (κ2) is 10.0. The predicted octanol–water partition coefficient (Wildman–Crippen LogP) is 5.39. The van der Waals surface area contributed by atoms with Gasteiger partial charge in [0.25, 0.3) is 5.91 Å². The maximum atomic E-state index is 13.9. The summed E-state index contributed by atoms with van der Waals surface area (Å²) in [4.78, 5) is 30.3. The maximum Gasteiger partial charge on any atom is 0.407 e. The van der Waals surface area contributed by atoms with E-state index in [1.165, 1.54) is 11.0 Å². The smallest absolute Gasteiger partial charge is 0.407 e. The molecule has 9 heteroatoms. The zero-order chi connectivity index (χ0) is 23.5. The van der Waals surface area contributed by atoms with E-state index in [1.54, 1.807) is 0 Å². The van der Waals surface area contributed by atoms with Crippen LogP contribution in [0.25, 0.3) is 0 Å². The van der Waals surface area contributed by atoms with Crippen LogP contribution in [0.4, 0.5) is 20.7 Å². The van der Waals surface area contributed by atoms with Gasteiger partial charge >= 0.3 is 6.09 Å². The van der Waals surface area contributed by atoms with Crippen LogP contribution in [-0.2, 0) is 0 Å². The number of hydrogen-bond donors (Lipinski definition) is 3. The fraction of sp³-hybridized carbons (Fsp3) is 0.435. The van der Waals surface area contributed by atoms with E-state index >= 15 is 0 Å². The lowest BCUT2D eigenvalue weighted by Crippen LogP contribution is -2.53. The van der Waals surface area contributed by atoms with Gasteiger partial charge in [-0.2, -0.15) is 0 Å². The fourth-order valence-electron chi connectivity index (χ4n) is 4.15. The highest BCUT2D eigenvalue weighted by atomic mass is 127. The number of pyridine rings is 1. The van der Waals surface area contributed by atoms with Crippen LogP contribution in [0, 0.1) is 9.39 Å². The van der Waals surface area contributed by atoms with Crippen molar-refractivity contribution >= 4 is 46.1 Å². The average molecular weight is 554 g/mol. The van der Waals surface area contributed by atoms with Crippen molar-refractivity contribution in [2.24, 2.45) is 0 Å². The van der Waals surface area contributed by atoms with Crippen LogP contribution in [0.2, 0.25) is 0 Å². The number of carbonyl (C=O) groups is 2. The molecule has 1 aromatic carbocycles. The third-order valence-electron chi connectivity index (χ3n) is 5.51.